The summed E-state index contributed by atoms with van der Waals surface area (Å²) in [5.41, 5.74) is 1.95. The lowest BCUT2D eigenvalue weighted by Gasteiger charge is -2.12. The van der Waals surface area contributed by atoms with Crippen molar-refractivity contribution in [3.63, 3.8) is 0 Å². The van der Waals surface area contributed by atoms with E-state index in [9.17, 15) is 0 Å². The molecule has 0 aliphatic carbocycles. The average molecular weight is 344 g/mol. The maximum absolute atomic E-state index is 8.60. The highest BCUT2D eigenvalue weighted by Crippen LogP contribution is 2.34. The zero-order chi connectivity index (χ0) is 15.1. The molecule has 0 aliphatic heterocycles. The molecule has 2 rings (SSSR count). The van der Waals surface area contributed by atoms with Gasteiger partial charge >= 0.3 is 0 Å². The Morgan fingerprint density at radius 2 is 1.95 bits per heavy atom. The molecule has 0 atom stereocenters. The molecule has 0 aromatic heterocycles. The van der Waals surface area contributed by atoms with Crippen molar-refractivity contribution in [2.45, 2.75) is 6.61 Å². The Kier molecular flexibility index (Phi) is 5.42. The van der Waals surface area contributed by atoms with Crippen LogP contribution in [0.25, 0.3) is 6.08 Å². The maximum Gasteiger partial charge on any atom is 0.162 e. The summed E-state index contributed by atoms with van der Waals surface area (Å²) in [4.78, 5) is 0. The number of hydrogen-bond acceptors (Lipinski definition) is 3. The number of allylic oxidation sites excluding steroid dienone is 1. The first-order valence-corrected chi connectivity index (χ1v) is 7.14. The molecule has 0 amide bonds. The number of nitrogens with zero attached hydrogens (tertiary/aromatic N) is 1. The lowest BCUT2D eigenvalue weighted by Crippen LogP contribution is -1.98. The minimum absolute atomic E-state index is 0.469. The molecule has 0 spiro atoms. The summed E-state index contributed by atoms with van der Waals surface area (Å²) >= 11 is 3.47. The summed E-state index contributed by atoms with van der Waals surface area (Å²) in [6.45, 7) is 0.469. The lowest BCUT2D eigenvalue weighted by molar-refractivity contribution is 0.284. The van der Waals surface area contributed by atoms with Crippen molar-refractivity contribution >= 4 is 22.0 Å². The standard InChI is InChI=1S/C17H14BrNO2/c1-20-16-10-14(8-5-9-19)15(18)11-17(16)21-12-13-6-3-2-4-7-13/h2-8,10-11H,12H2,1H3/b8-5+. The van der Waals surface area contributed by atoms with Crippen LogP contribution in [0.15, 0.2) is 53.0 Å². The van der Waals surface area contributed by atoms with E-state index in [1.54, 1.807) is 13.2 Å². The van der Waals surface area contributed by atoms with Gasteiger partial charge < -0.3 is 9.47 Å². The predicted molar refractivity (Wildman–Crippen MR) is 86.1 cm³/mol. The van der Waals surface area contributed by atoms with Crippen LogP contribution in [0.4, 0.5) is 0 Å². The highest BCUT2D eigenvalue weighted by molar-refractivity contribution is 9.10. The zero-order valence-electron chi connectivity index (χ0n) is 11.5. The van der Waals surface area contributed by atoms with E-state index in [4.69, 9.17) is 14.7 Å². The van der Waals surface area contributed by atoms with E-state index < -0.39 is 0 Å². The molecule has 106 valence electrons. The van der Waals surface area contributed by atoms with Gasteiger partial charge in [0.25, 0.3) is 0 Å². The second-order valence-electron chi connectivity index (χ2n) is 4.26. The molecule has 0 unspecified atom stereocenters. The summed E-state index contributed by atoms with van der Waals surface area (Å²) in [5.74, 6) is 1.29. The minimum Gasteiger partial charge on any atom is -0.493 e. The van der Waals surface area contributed by atoms with Gasteiger partial charge in [-0.25, -0.2) is 0 Å². The Bertz CT molecular complexity index is 675. The predicted octanol–water partition coefficient (Wildman–Crippen LogP) is 4.57. The monoisotopic (exact) mass is 343 g/mol. The summed E-state index contributed by atoms with van der Waals surface area (Å²) in [6.07, 6.45) is 3.14. The second-order valence-corrected chi connectivity index (χ2v) is 5.12. The molecule has 0 N–H and O–H groups in total. The largest absolute Gasteiger partial charge is 0.493 e. The lowest BCUT2D eigenvalue weighted by atomic mass is 10.2. The van der Waals surface area contributed by atoms with E-state index in [-0.39, 0.29) is 0 Å². The summed E-state index contributed by atoms with van der Waals surface area (Å²) in [5, 5.41) is 8.60. The fourth-order valence-corrected chi connectivity index (χ4v) is 2.27. The van der Waals surface area contributed by atoms with Gasteiger partial charge in [0.2, 0.25) is 0 Å². The van der Waals surface area contributed by atoms with Crippen molar-refractivity contribution < 1.29 is 9.47 Å². The molecule has 3 nitrogen and oxygen atoms in total. The summed E-state index contributed by atoms with van der Waals surface area (Å²) in [6, 6.07) is 15.6. The fraction of sp³-hybridized carbons (Fsp3) is 0.118. The quantitative estimate of drug-likeness (QED) is 0.746. The number of methoxy groups -OCH3 is 1. The van der Waals surface area contributed by atoms with Crippen LogP contribution < -0.4 is 9.47 Å². The van der Waals surface area contributed by atoms with Gasteiger partial charge in [-0.2, -0.15) is 5.26 Å². The molecular formula is C17H14BrNO2. The maximum atomic E-state index is 8.60. The van der Waals surface area contributed by atoms with E-state index in [1.807, 2.05) is 48.5 Å². The van der Waals surface area contributed by atoms with Crippen LogP contribution in [-0.4, -0.2) is 7.11 Å². The molecular weight excluding hydrogens is 330 g/mol. The first kappa shape index (κ1) is 15.1. The summed E-state index contributed by atoms with van der Waals surface area (Å²) in [7, 11) is 1.59. The van der Waals surface area contributed by atoms with Crippen LogP contribution in [0.2, 0.25) is 0 Å². The molecule has 0 bridgehead atoms. The first-order chi connectivity index (χ1) is 10.2. The van der Waals surface area contributed by atoms with E-state index in [0.717, 1.165) is 15.6 Å². The molecule has 0 saturated heterocycles. The third kappa shape index (κ3) is 4.11. The number of rotatable bonds is 5. The van der Waals surface area contributed by atoms with Gasteiger partial charge in [-0.1, -0.05) is 46.3 Å². The Hall–Kier alpha value is -2.25. The number of nitriles is 1. The Labute approximate surface area is 132 Å². The number of hydrogen-bond donors (Lipinski definition) is 0. The third-order valence-corrected chi connectivity index (χ3v) is 3.54. The zero-order valence-corrected chi connectivity index (χ0v) is 13.1. The van der Waals surface area contributed by atoms with Crippen molar-refractivity contribution in [3.05, 3.63) is 64.1 Å². The summed E-state index contributed by atoms with van der Waals surface area (Å²) < 4.78 is 12.0. The van der Waals surface area contributed by atoms with Crippen molar-refractivity contribution in [1.82, 2.24) is 0 Å². The van der Waals surface area contributed by atoms with Gasteiger partial charge in [0.05, 0.1) is 13.2 Å². The van der Waals surface area contributed by atoms with Crippen molar-refractivity contribution in [1.29, 1.82) is 5.26 Å². The van der Waals surface area contributed by atoms with Crippen LogP contribution in [-0.2, 0) is 6.61 Å². The van der Waals surface area contributed by atoms with Crippen LogP contribution in [0.3, 0.4) is 0 Å². The smallest absolute Gasteiger partial charge is 0.162 e. The number of ether oxygens (including phenoxy) is 2. The van der Waals surface area contributed by atoms with E-state index in [0.29, 0.717) is 18.1 Å². The second kappa shape index (κ2) is 7.51. The molecule has 4 heteroatoms. The van der Waals surface area contributed by atoms with Gasteiger partial charge in [-0.3, -0.25) is 0 Å². The highest BCUT2D eigenvalue weighted by Gasteiger charge is 2.09. The first-order valence-electron chi connectivity index (χ1n) is 6.35. The van der Waals surface area contributed by atoms with Gasteiger partial charge in [-0.05, 0) is 29.3 Å². The number of halogens is 1. The minimum atomic E-state index is 0.469. The average Bonchev–Trinajstić information content (AvgIpc) is 2.53. The fourth-order valence-electron chi connectivity index (χ4n) is 1.81. The van der Waals surface area contributed by atoms with E-state index in [2.05, 4.69) is 15.9 Å². The van der Waals surface area contributed by atoms with Crippen molar-refractivity contribution in [2.24, 2.45) is 0 Å². The van der Waals surface area contributed by atoms with Gasteiger partial charge in [0, 0.05) is 10.5 Å². The molecule has 0 fully saturated rings. The van der Waals surface area contributed by atoms with Crippen LogP contribution in [0.1, 0.15) is 11.1 Å². The SMILES string of the molecule is COc1cc(/C=C/C#N)c(Br)cc1OCc1ccccc1. The highest BCUT2D eigenvalue weighted by atomic mass is 79.9. The molecule has 0 saturated carbocycles. The van der Waals surface area contributed by atoms with E-state index in [1.165, 1.54) is 6.08 Å². The molecule has 0 heterocycles. The Morgan fingerprint density at radius 1 is 1.19 bits per heavy atom. The Balaban J connectivity index is 2.21. The topological polar surface area (TPSA) is 42.2 Å². The molecule has 2 aromatic rings. The van der Waals surface area contributed by atoms with Crippen LogP contribution >= 0.6 is 15.9 Å². The molecule has 0 radical (unpaired) electrons. The number of benzene rings is 2. The van der Waals surface area contributed by atoms with Gasteiger partial charge in [-0.15, -0.1) is 0 Å². The third-order valence-electron chi connectivity index (χ3n) is 2.86. The molecule has 0 aliphatic rings. The van der Waals surface area contributed by atoms with Gasteiger partial charge in [0.15, 0.2) is 11.5 Å². The van der Waals surface area contributed by atoms with Crippen molar-refractivity contribution in [2.75, 3.05) is 7.11 Å². The normalized spacial score (nSPS) is 10.3. The van der Waals surface area contributed by atoms with E-state index >= 15 is 0 Å². The Morgan fingerprint density at radius 3 is 2.62 bits per heavy atom. The van der Waals surface area contributed by atoms with Crippen LogP contribution in [0, 0.1) is 11.3 Å². The van der Waals surface area contributed by atoms with Crippen LogP contribution in [0.5, 0.6) is 11.5 Å². The molecule has 21 heavy (non-hydrogen) atoms. The molecule has 2 aromatic carbocycles. The van der Waals surface area contributed by atoms with Crippen molar-refractivity contribution in [3.8, 4) is 17.6 Å². The van der Waals surface area contributed by atoms with Gasteiger partial charge in [0.1, 0.15) is 6.61 Å².